The molecule has 4 rings (SSSR count). The van der Waals surface area contributed by atoms with E-state index in [-0.39, 0.29) is 77.1 Å². The average molecular weight is 1020 g/mol. The smallest absolute Gasteiger partial charge is 0.345 e. The summed E-state index contributed by atoms with van der Waals surface area (Å²) < 4.78 is 27.7. The van der Waals surface area contributed by atoms with Crippen LogP contribution in [0, 0.1) is 27.6 Å². The number of aromatic nitrogens is 3. The Kier molecular flexibility index (Phi) is 21.5. The van der Waals surface area contributed by atoms with E-state index in [1.165, 1.54) is 12.2 Å². The summed E-state index contributed by atoms with van der Waals surface area (Å²) in [6, 6.07) is 20.6. The molecule has 0 aliphatic heterocycles. The van der Waals surface area contributed by atoms with Gasteiger partial charge in [0.25, 0.3) is 0 Å². The monoisotopic (exact) mass is 1020 g/mol. The topological polar surface area (TPSA) is 206 Å². The molecule has 74 heavy (non-hydrogen) atoms. The first-order valence-corrected chi connectivity index (χ1v) is 25.2. The van der Waals surface area contributed by atoms with Crippen LogP contribution in [0.15, 0.2) is 83.9 Å². The maximum absolute atomic E-state index is 13.2. The second kappa shape index (κ2) is 26.7. The summed E-state index contributed by atoms with van der Waals surface area (Å²) in [6.45, 7) is 28.1. The number of benzene rings is 3. The Morgan fingerprint density at radius 1 is 0.473 bits per heavy atom. The lowest BCUT2D eigenvalue weighted by Crippen LogP contribution is -2.25. The van der Waals surface area contributed by atoms with Crippen molar-refractivity contribution < 1.29 is 47.7 Å². The predicted molar refractivity (Wildman–Crippen MR) is 290 cm³/mol. The second-order valence-corrected chi connectivity index (χ2v) is 23.2. The van der Waals surface area contributed by atoms with Gasteiger partial charge >= 0.3 is 29.8 Å². The van der Waals surface area contributed by atoms with Crippen LogP contribution in [0.2, 0.25) is 0 Å². The molecule has 3 N–H and O–H groups in total. The molecule has 4 aromatic rings. The van der Waals surface area contributed by atoms with Crippen LogP contribution >= 0.6 is 0 Å². The van der Waals surface area contributed by atoms with Gasteiger partial charge in [-0.15, -0.1) is 0 Å². The Morgan fingerprint density at radius 3 is 1.07 bits per heavy atom. The van der Waals surface area contributed by atoms with Gasteiger partial charge in [0.2, 0.25) is 17.8 Å². The summed E-state index contributed by atoms with van der Waals surface area (Å²) in [4.78, 5) is 79.8. The molecule has 0 aliphatic carbocycles. The molecule has 1 unspecified atom stereocenters. The lowest BCUT2D eigenvalue weighted by Gasteiger charge is -2.20. The van der Waals surface area contributed by atoms with Crippen LogP contribution in [-0.2, 0) is 42.9 Å². The number of carbonyl (C=O) groups is 5. The minimum absolute atomic E-state index is 0.104. The summed E-state index contributed by atoms with van der Waals surface area (Å²) in [5.41, 5.74) is 1.43. The number of carbonyl (C=O) groups excluding carboxylic acids is 5. The third-order valence-corrected chi connectivity index (χ3v) is 10.4. The van der Waals surface area contributed by atoms with Crippen LogP contribution in [-0.4, -0.2) is 77.8 Å². The molecule has 16 heteroatoms. The molecule has 0 saturated heterocycles. The van der Waals surface area contributed by atoms with Crippen molar-refractivity contribution in [3.05, 3.63) is 101 Å². The third kappa shape index (κ3) is 21.9. The van der Waals surface area contributed by atoms with Crippen molar-refractivity contribution in [3.8, 4) is 0 Å². The molecule has 0 spiro atoms. The van der Waals surface area contributed by atoms with Crippen LogP contribution in [0.25, 0.3) is 12.2 Å². The molecular formula is C58H78N6O10. The largest absolute Gasteiger partial charge is 0.462 e. The van der Waals surface area contributed by atoms with E-state index in [1.54, 1.807) is 72.8 Å². The van der Waals surface area contributed by atoms with Crippen molar-refractivity contribution in [2.45, 2.75) is 123 Å². The van der Waals surface area contributed by atoms with Crippen LogP contribution in [0.1, 0.15) is 144 Å². The fourth-order valence-electron chi connectivity index (χ4n) is 6.30. The van der Waals surface area contributed by atoms with Crippen LogP contribution < -0.4 is 16.0 Å². The van der Waals surface area contributed by atoms with E-state index in [0.29, 0.717) is 46.3 Å². The van der Waals surface area contributed by atoms with Crippen molar-refractivity contribution in [2.24, 2.45) is 27.6 Å². The summed E-state index contributed by atoms with van der Waals surface area (Å²) in [6.07, 6.45) is 6.98. The average Bonchev–Trinajstić information content (AvgIpc) is 3.32. The van der Waals surface area contributed by atoms with Crippen molar-refractivity contribution in [1.82, 2.24) is 15.0 Å². The first-order valence-electron chi connectivity index (χ1n) is 25.2. The molecule has 0 saturated carbocycles. The zero-order valence-corrected chi connectivity index (χ0v) is 45.9. The molecule has 1 heterocycles. The van der Waals surface area contributed by atoms with E-state index in [4.69, 9.17) is 23.7 Å². The van der Waals surface area contributed by atoms with Gasteiger partial charge in [-0.2, -0.15) is 15.0 Å². The van der Waals surface area contributed by atoms with Crippen LogP contribution in [0.5, 0.6) is 0 Å². The quantitative estimate of drug-likeness (QED) is 0.0208. The molecule has 1 atom stereocenters. The maximum atomic E-state index is 13.2. The molecule has 0 amide bonds. The summed E-state index contributed by atoms with van der Waals surface area (Å²) >= 11 is 0. The summed E-state index contributed by atoms with van der Waals surface area (Å²) in [5.74, 6) is -2.79. The van der Waals surface area contributed by atoms with E-state index in [2.05, 4.69) is 44.7 Å². The van der Waals surface area contributed by atoms with Crippen molar-refractivity contribution in [1.29, 1.82) is 0 Å². The SMILES string of the molecule is CCCCC(CC)COC(=O)c1ccc(Nc2nc(Nc3ccc(C=C(C(=O)OCC(C)(C)C)C(=O)OCC(C)(C)C)cc3)nc(Nc3ccc(C=C(C(=O)OCC(C)(C)C)C(=O)OCC(C)(C)C)cc3)n2)cc1. The van der Waals surface area contributed by atoms with E-state index >= 15 is 0 Å². The molecule has 0 aliphatic rings. The summed E-state index contributed by atoms with van der Waals surface area (Å²) in [7, 11) is 0. The standard InChI is InChI=1S/C58H78N6O10/c1-15-17-18-38(16-2)33-70-47(65)41-23-29-44(30-24-41)61-54-63-52(59-42-25-19-39(20-26-42)31-45(48(66)71-34-55(3,4)5)49(67)72-35-56(6,7)8)62-53(64-54)60-43-27-21-40(22-28-43)32-46(50(68)73-36-57(9,10)11)51(69)74-37-58(12,13)14/h19-32,38H,15-18,33-37H2,1-14H3,(H3,59,60,61,62,63,64). The molecule has 0 bridgehead atoms. The van der Waals surface area contributed by atoms with Gasteiger partial charge in [0, 0.05) is 17.1 Å². The van der Waals surface area contributed by atoms with Gasteiger partial charge in [0.05, 0.1) is 38.6 Å². The molecule has 0 radical (unpaired) electrons. The maximum Gasteiger partial charge on any atom is 0.345 e. The zero-order valence-electron chi connectivity index (χ0n) is 45.9. The zero-order chi connectivity index (χ0) is 54.9. The van der Waals surface area contributed by atoms with Crippen LogP contribution in [0.3, 0.4) is 0 Å². The normalized spacial score (nSPS) is 12.1. The van der Waals surface area contributed by atoms with Gasteiger partial charge in [-0.3, -0.25) is 0 Å². The molecule has 0 fully saturated rings. The number of hydrogen-bond donors (Lipinski definition) is 3. The number of anilines is 6. The number of rotatable bonds is 23. The Bertz CT molecular complexity index is 2380. The van der Waals surface area contributed by atoms with Gasteiger partial charge in [0.1, 0.15) is 11.1 Å². The predicted octanol–water partition coefficient (Wildman–Crippen LogP) is 12.6. The fraction of sp³-hybridized carbons (Fsp3) is 0.483. The van der Waals surface area contributed by atoms with Gasteiger partial charge in [-0.25, -0.2) is 24.0 Å². The van der Waals surface area contributed by atoms with E-state index in [0.717, 1.165) is 25.7 Å². The first kappa shape index (κ1) is 59.5. The number of hydrogen-bond acceptors (Lipinski definition) is 16. The van der Waals surface area contributed by atoms with E-state index < -0.39 is 29.8 Å². The van der Waals surface area contributed by atoms with Crippen molar-refractivity contribution in [3.63, 3.8) is 0 Å². The highest BCUT2D eigenvalue weighted by atomic mass is 16.6. The third-order valence-electron chi connectivity index (χ3n) is 10.4. The van der Waals surface area contributed by atoms with E-state index in [9.17, 15) is 24.0 Å². The Labute approximate surface area is 437 Å². The highest BCUT2D eigenvalue weighted by molar-refractivity contribution is 6.18. The van der Waals surface area contributed by atoms with Crippen molar-refractivity contribution in [2.75, 3.05) is 49.0 Å². The van der Waals surface area contributed by atoms with Gasteiger partial charge in [-0.05, 0) is 106 Å². The first-order chi connectivity index (χ1) is 34.6. The Morgan fingerprint density at radius 2 is 0.784 bits per heavy atom. The van der Waals surface area contributed by atoms with Crippen LogP contribution in [0.4, 0.5) is 34.9 Å². The lowest BCUT2D eigenvalue weighted by atomic mass is 9.98. The highest BCUT2D eigenvalue weighted by Crippen LogP contribution is 2.26. The molecule has 400 valence electrons. The molecule has 16 nitrogen and oxygen atoms in total. The number of nitrogens with one attached hydrogen (secondary N) is 3. The minimum Gasteiger partial charge on any atom is -0.462 e. The number of unbranched alkanes of at least 4 members (excludes halogenated alkanes) is 1. The molecule has 3 aromatic carbocycles. The number of nitrogens with zero attached hydrogens (tertiary/aromatic N) is 3. The number of ether oxygens (including phenoxy) is 5. The van der Waals surface area contributed by atoms with E-state index in [1.807, 2.05) is 83.1 Å². The Balaban J connectivity index is 1.65. The van der Waals surface area contributed by atoms with Gasteiger partial charge in [-0.1, -0.05) is 140 Å². The highest BCUT2D eigenvalue weighted by Gasteiger charge is 2.27. The Hall–Kier alpha value is -7.10. The van der Waals surface area contributed by atoms with Gasteiger partial charge in [0.15, 0.2) is 0 Å². The second-order valence-electron chi connectivity index (χ2n) is 23.2. The van der Waals surface area contributed by atoms with Crippen molar-refractivity contribution >= 4 is 76.9 Å². The fourth-order valence-corrected chi connectivity index (χ4v) is 6.30. The minimum atomic E-state index is -0.785. The summed E-state index contributed by atoms with van der Waals surface area (Å²) in [5, 5.41) is 9.62. The lowest BCUT2D eigenvalue weighted by molar-refractivity contribution is -0.151. The number of esters is 5. The molecule has 1 aromatic heterocycles. The molecular weight excluding hydrogens is 941 g/mol. The van der Waals surface area contributed by atoms with Gasteiger partial charge < -0.3 is 39.6 Å².